The third kappa shape index (κ3) is 9.05. The lowest BCUT2D eigenvalue weighted by Gasteiger charge is -2.32. The highest BCUT2D eigenvalue weighted by Crippen LogP contribution is 2.27. The zero-order valence-electron chi connectivity index (χ0n) is 23.2. The molecule has 3 aromatic rings. The number of hydrogen-bond donors (Lipinski definition) is 2. The number of aromatic amines is 1. The maximum atomic E-state index is 13.4. The van der Waals surface area contributed by atoms with Gasteiger partial charge in [-0.05, 0) is 62.6 Å². The van der Waals surface area contributed by atoms with Crippen LogP contribution in [0.4, 0.5) is 0 Å². The number of aromatic nitrogens is 1. The summed E-state index contributed by atoms with van der Waals surface area (Å²) >= 11 is 0. The minimum atomic E-state index is -0.603. The quantitative estimate of drug-likeness (QED) is 0.363. The van der Waals surface area contributed by atoms with Crippen molar-refractivity contribution in [3.8, 4) is 5.75 Å². The Labute approximate surface area is 247 Å². The van der Waals surface area contributed by atoms with E-state index < -0.39 is 17.3 Å². The van der Waals surface area contributed by atoms with Crippen LogP contribution in [0, 0.1) is 0 Å². The van der Waals surface area contributed by atoms with Crippen molar-refractivity contribution >= 4 is 50.0 Å². The first-order chi connectivity index (χ1) is 18.0. The molecule has 0 saturated carbocycles. The molecule has 0 spiro atoms. The average Bonchev–Trinajstić information content (AvgIpc) is 3.43. The number of carbonyl (C=O) groups excluding carboxylic acids is 2. The summed E-state index contributed by atoms with van der Waals surface area (Å²) in [5, 5.41) is 10.0. The van der Waals surface area contributed by atoms with Crippen LogP contribution in [0.3, 0.4) is 0 Å². The maximum Gasteiger partial charge on any atom is 0.417 e. The van der Waals surface area contributed by atoms with Gasteiger partial charge < -0.3 is 23.9 Å². The fourth-order valence-corrected chi connectivity index (χ4v) is 4.58. The van der Waals surface area contributed by atoms with Gasteiger partial charge in [-0.3, -0.25) is 14.7 Å². The van der Waals surface area contributed by atoms with E-state index in [1.165, 1.54) is 0 Å². The number of aliphatic hydroxyl groups is 1. The molecular weight excluding hydrogens is 554 g/mol. The summed E-state index contributed by atoms with van der Waals surface area (Å²) in [5.74, 6) is -0.619. The molecule has 1 aromatic heterocycles. The van der Waals surface area contributed by atoms with Crippen molar-refractivity contribution in [2.24, 2.45) is 0 Å². The molecule has 10 nitrogen and oxygen atoms in total. The number of esters is 1. The Hall–Kier alpha value is -2.93. The molecule has 0 radical (unpaired) electrons. The molecule has 0 bridgehead atoms. The molecule has 40 heavy (non-hydrogen) atoms. The number of likely N-dealkylation sites (tertiary alicyclic amines) is 1. The molecule has 1 fully saturated rings. The first-order valence-electron chi connectivity index (χ1n) is 12.7. The number of rotatable bonds is 9. The van der Waals surface area contributed by atoms with E-state index in [1.807, 2.05) is 18.2 Å². The number of amides is 1. The molecule has 1 amide bonds. The summed E-state index contributed by atoms with van der Waals surface area (Å²) < 4.78 is 16.1. The van der Waals surface area contributed by atoms with Gasteiger partial charge in [-0.15, -0.1) is 0 Å². The zero-order chi connectivity index (χ0) is 27.4. The lowest BCUT2D eigenvalue weighted by molar-refractivity contribution is -0.157. The van der Waals surface area contributed by atoms with Gasteiger partial charge in [-0.1, -0.05) is 18.2 Å². The van der Waals surface area contributed by atoms with Gasteiger partial charge in [0.2, 0.25) is 5.91 Å². The van der Waals surface area contributed by atoms with Crippen LogP contribution in [-0.2, 0) is 20.7 Å². The van der Waals surface area contributed by atoms with Crippen molar-refractivity contribution in [1.29, 1.82) is 0 Å². The number of benzene rings is 2. The number of likely N-dealkylation sites (N-methyl/N-ethyl adjacent to an activating group) is 1. The lowest BCUT2D eigenvalue weighted by Crippen LogP contribution is -2.39. The van der Waals surface area contributed by atoms with Crippen LogP contribution in [0.1, 0.15) is 44.4 Å². The lowest BCUT2D eigenvalue weighted by atomic mass is 10.0. The van der Waals surface area contributed by atoms with E-state index >= 15 is 0 Å². The van der Waals surface area contributed by atoms with Crippen LogP contribution in [-0.4, -0.2) is 76.8 Å². The van der Waals surface area contributed by atoms with Gasteiger partial charge in [0.25, 0.3) is 0 Å². The van der Waals surface area contributed by atoms with Crippen molar-refractivity contribution in [2.75, 3.05) is 33.3 Å². The molecule has 2 heterocycles. The van der Waals surface area contributed by atoms with Crippen molar-refractivity contribution in [1.82, 2.24) is 14.8 Å². The van der Waals surface area contributed by atoms with E-state index in [0.717, 1.165) is 17.7 Å². The Morgan fingerprint density at radius 3 is 2.62 bits per heavy atom. The summed E-state index contributed by atoms with van der Waals surface area (Å²) in [4.78, 5) is 43.4. The van der Waals surface area contributed by atoms with Crippen LogP contribution in [0.25, 0.3) is 11.1 Å². The number of aliphatic hydroxyl groups excluding tert-OH is 1. The molecule has 1 aliphatic rings. The van der Waals surface area contributed by atoms with Crippen molar-refractivity contribution in [3.63, 3.8) is 0 Å². The molecule has 220 valence electrons. The van der Waals surface area contributed by atoms with Gasteiger partial charge in [0.15, 0.2) is 12.2 Å². The predicted molar refractivity (Wildman–Crippen MR) is 162 cm³/mol. The second-order valence-electron chi connectivity index (χ2n) is 10.7. The molecule has 0 unspecified atom stereocenters. The number of carbonyl (C=O) groups is 2. The largest absolute Gasteiger partial charge is 0.482 e. The standard InChI is InChI=1S/C28H35N3O7.2H2S/c1-28(2,3)38-26(34)17-36-21-7-5-6-19(14-21)23(16-31-11-10-20(32)15-31)30(4)25(33)13-18-8-9-24-22(12-18)29-27(35)37-24;;/h5-9,12,14,20,23,32H,10-11,13,15-17H2,1-4H3,(H,29,35);2*1H2/t20-,23+;;/m0../s1. The van der Waals surface area contributed by atoms with Gasteiger partial charge in [0, 0.05) is 26.7 Å². The minimum Gasteiger partial charge on any atom is -0.482 e. The molecule has 12 heteroatoms. The first-order valence-corrected chi connectivity index (χ1v) is 12.7. The van der Waals surface area contributed by atoms with Crippen molar-refractivity contribution in [3.05, 3.63) is 64.1 Å². The van der Waals surface area contributed by atoms with Crippen molar-refractivity contribution < 1.29 is 28.6 Å². The fraction of sp³-hybridized carbons (Fsp3) is 0.464. The third-order valence-corrected chi connectivity index (χ3v) is 6.40. The number of oxazole rings is 1. The summed E-state index contributed by atoms with van der Waals surface area (Å²) in [6, 6.07) is 12.2. The monoisotopic (exact) mass is 593 g/mol. The average molecular weight is 594 g/mol. The Bertz CT molecular complexity index is 1350. The second-order valence-corrected chi connectivity index (χ2v) is 10.7. The number of hydrogen-bond acceptors (Lipinski definition) is 8. The Balaban J connectivity index is 0.00000280. The Morgan fingerprint density at radius 2 is 1.95 bits per heavy atom. The number of β-amino-alcohol motifs (C(OH)–C–C–N with tert-alkyl or cyclic N) is 1. The minimum absolute atomic E-state index is 0. The van der Waals surface area contributed by atoms with Crippen LogP contribution in [0.2, 0.25) is 0 Å². The highest BCUT2D eigenvalue weighted by molar-refractivity contribution is 7.59. The van der Waals surface area contributed by atoms with Gasteiger partial charge in [-0.2, -0.15) is 27.0 Å². The van der Waals surface area contributed by atoms with Crippen LogP contribution < -0.4 is 10.5 Å². The van der Waals surface area contributed by atoms with E-state index in [-0.39, 0.29) is 58.1 Å². The third-order valence-electron chi connectivity index (χ3n) is 6.40. The van der Waals surface area contributed by atoms with Crippen LogP contribution in [0.5, 0.6) is 5.75 Å². The Kier molecular flexibility index (Phi) is 11.7. The van der Waals surface area contributed by atoms with Crippen molar-refractivity contribution in [2.45, 2.75) is 51.4 Å². The normalized spacial score (nSPS) is 16.1. The number of fused-ring (bicyclic) bond motifs is 1. The van der Waals surface area contributed by atoms with E-state index in [0.29, 0.717) is 36.4 Å². The number of ether oxygens (including phenoxy) is 2. The molecule has 2 N–H and O–H groups in total. The smallest absolute Gasteiger partial charge is 0.417 e. The molecule has 4 rings (SSSR count). The van der Waals surface area contributed by atoms with E-state index in [2.05, 4.69) is 9.88 Å². The topological polar surface area (TPSA) is 125 Å². The molecular formula is C28H39N3O7S2. The molecule has 0 aliphatic carbocycles. The number of nitrogens with zero attached hydrogens (tertiary/aromatic N) is 2. The number of nitrogens with one attached hydrogen (secondary N) is 1. The van der Waals surface area contributed by atoms with E-state index in [1.54, 1.807) is 57.0 Å². The summed E-state index contributed by atoms with van der Waals surface area (Å²) in [7, 11) is 1.76. The highest BCUT2D eigenvalue weighted by atomic mass is 32.1. The SMILES string of the molecule is CN(C(=O)Cc1ccc2oc(=O)[nH]c2c1)[C@H](CN1CC[C@H](O)C1)c1cccc(OCC(=O)OC(C)(C)C)c1.S.S. The van der Waals surface area contributed by atoms with Crippen LogP contribution >= 0.6 is 27.0 Å². The summed E-state index contributed by atoms with van der Waals surface area (Å²) in [5.41, 5.74) is 1.97. The summed E-state index contributed by atoms with van der Waals surface area (Å²) in [6.07, 6.45) is 0.434. The maximum absolute atomic E-state index is 13.4. The Morgan fingerprint density at radius 1 is 1.20 bits per heavy atom. The van der Waals surface area contributed by atoms with Crippen LogP contribution in [0.15, 0.2) is 51.7 Å². The molecule has 1 aliphatic heterocycles. The fourth-order valence-electron chi connectivity index (χ4n) is 4.58. The first kappa shape index (κ1) is 33.3. The predicted octanol–water partition coefficient (Wildman–Crippen LogP) is 2.88. The van der Waals surface area contributed by atoms with Gasteiger partial charge in [0.1, 0.15) is 11.4 Å². The van der Waals surface area contributed by atoms with Gasteiger partial charge in [0.05, 0.1) is 24.1 Å². The van der Waals surface area contributed by atoms with Gasteiger partial charge >= 0.3 is 11.7 Å². The molecule has 1 saturated heterocycles. The van der Waals surface area contributed by atoms with Gasteiger partial charge in [-0.25, -0.2) is 9.59 Å². The second kappa shape index (κ2) is 14.1. The molecule has 2 atom stereocenters. The number of H-pyrrole nitrogens is 1. The molecule has 2 aromatic carbocycles. The zero-order valence-corrected chi connectivity index (χ0v) is 25.2. The van der Waals surface area contributed by atoms with E-state index in [4.69, 9.17) is 13.9 Å². The van der Waals surface area contributed by atoms with E-state index in [9.17, 15) is 19.5 Å². The highest BCUT2D eigenvalue weighted by Gasteiger charge is 2.28. The summed E-state index contributed by atoms with van der Waals surface area (Å²) in [6.45, 7) is 6.97.